The minimum atomic E-state index is -0.633. The van der Waals surface area contributed by atoms with Crippen LogP contribution in [0.15, 0.2) is 42.5 Å². The molecule has 0 saturated heterocycles. The summed E-state index contributed by atoms with van der Waals surface area (Å²) in [6, 6.07) is 10.1. The van der Waals surface area contributed by atoms with Crippen LogP contribution in [0.1, 0.15) is 10.4 Å². The van der Waals surface area contributed by atoms with Crippen molar-refractivity contribution < 1.29 is 14.3 Å². The van der Waals surface area contributed by atoms with Crippen LogP contribution in [0, 0.1) is 5.82 Å². The highest BCUT2D eigenvalue weighted by Crippen LogP contribution is 2.26. The van der Waals surface area contributed by atoms with Crippen molar-refractivity contribution in [2.24, 2.45) is 0 Å². The molecule has 2 aromatic rings. The maximum atomic E-state index is 13.5. The van der Waals surface area contributed by atoms with Crippen LogP contribution in [-0.4, -0.2) is 11.0 Å². The van der Waals surface area contributed by atoms with Crippen molar-refractivity contribution in [2.45, 2.75) is 0 Å². The molecule has 2 rings (SSSR count). The molecule has 0 aliphatic heterocycles. The van der Waals surface area contributed by atoms with Crippen LogP contribution < -0.4 is 5.32 Å². The minimum Gasteiger partial charge on any atom is -0.507 e. The highest BCUT2D eigenvalue weighted by Gasteiger charge is 2.14. The number of amides is 1. The number of aromatic hydroxyl groups is 1. The molecule has 3 nitrogen and oxygen atoms in total. The maximum Gasteiger partial charge on any atom is 0.259 e. The summed E-state index contributed by atoms with van der Waals surface area (Å²) in [6.45, 7) is 0. The molecule has 0 aromatic heterocycles. The van der Waals surface area contributed by atoms with Crippen molar-refractivity contribution in [1.82, 2.24) is 0 Å². The smallest absolute Gasteiger partial charge is 0.259 e. The second-order valence-electron chi connectivity index (χ2n) is 3.57. The summed E-state index contributed by atoms with van der Waals surface area (Å²) >= 11 is 5.78. The zero-order valence-electron chi connectivity index (χ0n) is 9.15. The molecule has 0 spiro atoms. The Bertz CT molecular complexity index is 581. The standard InChI is InChI=1S/C13H9ClFNO2/c14-9-5-3-6-10(15)12(9)16-13(18)8-4-1-2-7-11(8)17/h1-7,17H,(H,16,18). The van der Waals surface area contributed by atoms with Crippen molar-refractivity contribution in [2.75, 3.05) is 5.32 Å². The summed E-state index contributed by atoms with van der Waals surface area (Å²) in [5.41, 5.74) is -0.0516. The molecule has 18 heavy (non-hydrogen) atoms. The molecule has 5 heteroatoms. The fraction of sp³-hybridized carbons (Fsp3) is 0. The number of halogens is 2. The van der Waals surface area contributed by atoms with Crippen molar-refractivity contribution in [3.63, 3.8) is 0 Å². The second kappa shape index (κ2) is 5.06. The van der Waals surface area contributed by atoms with Crippen molar-refractivity contribution >= 4 is 23.2 Å². The largest absolute Gasteiger partial charge is 0.507 e. The molecule has 92 valence electrons. The number of benzene rings is 2. The van der Waals surface area contributed by atoms with Gasteiger partial charge in [-0.15, -0.1) is 0 Å². The first-order chi connectivity index (χ1) is 8.59. The van der Waals surface area contributed by atoms with Gasteiger partial charge in [0.1, 0.15) is 11.6 Å². The van der Waals surface area contributed by atoms with Gasteiger partial charge in [0.05, 0.1) is 16.3 Å². The molecular formula is C13H9ClFNO2. The first kappa shape index (κ1) is 12.4. The van der Waals surface area contributed by atoms with Gasteiger partial charge in [-0.2, -0.15) is 0 Å². The van der Waals surface area contributed by atoms with Crippen LogP contribution in [0.3, 0.4) is 0 Å². The van der Waals surface area contributed by atoms with Gasteiger partial charge in [0.2, 0.25) is 0 Å². The monoisotopic (exact) mass is 265 g/mol. The number of nitrogens with one attached hydrogen (secondary N) is 1. The summed E-state index contributed by atoms with van der Waals surface area (Å²) < 4.78 is 13.5. The Labute approximate surface area is 108 Å². The Morgan fingerprint density at radius 3 is 2.56 bits per heavy atom. The Hall–Kier alpha value is -2.07. The molecule has 0 atom stereocenters. The predicted molar refractivity (Wildman–Crippen MR) is 67.5 cm³/mol. The minimum absolute atomic E-state index is 0.0526. The molecule has 0 bridgehead atoms. The fourth-order valence-corrected chi connectivity index (χ4v) is 1.67. The molecule has 0 radical (unpaired) electrons. The van der Waals surface area contributed by atoms with Crippen molar-refractivity contribution in [3.8, 4) is 5.75 Å². The highest BCUT2D eigenvalue weighted by molar-refractivity contribution is 6.34. The quantitative estimate of drug-likeness (QED) is 0.874. The molecule has 0 heterocycles. The lowest BCUT2D eigenvalue weighted by Crippen LogP contribution is -2.13. The molecule has 0 aliphatic carbocycles. The Morgan fingerprint density at radius 2 is 1.89 bits per heavy atom. The van der Waals surface area contributed by atoms with E-state index in [0.29, 0.717) is 0 Å². The fourth-order valence-electron chi connectivity index (χ4n) is 1.46. The number of para-hydroxylation sites is 2. The maximum absolute atomic E-state index is 13.5. The average Bonchev–Trinajstić information content (AvgIpc) is 2.34. The van der Waals surface area contributed by atoms with Gasteiger partial charge in [-0.05, 0) is 24.3 Å². The Kier molecular flexibility index (Phi) is 3.48. The second-order valence-corrected chi connectivity index (χ2v) is 3.98. The van der Waals surface area contributed by atoms with E-state index in [1.807, 2.05) is 0 Å². The normalized spacial score (nSPS) is 10.1. The molecular weight excluding hydrogens is 257 g/mol. The van der Waals surface area contributed by atoms with Gasteiger partial charge in [-0.1, -0.05) is 29.8 Å². The first-order valence-corrected chi connectivity index (χ1v) is 5.51. The Morgan fingerprint density at radius 1 is 1.17 bits per heavy atom. The van der Waals surface area contributed by atoms with Gasteiger partial charge in [-0.25, -0.2) is 4.39 Å². The van der Waals surface area contributed by atoms with E-state index in [1.54, 1.807) is 12.1 Å². The number of phenolic OH excluding ortho intramolecular Hbond substituents is 1. The molecule has 0 unspecified atom stereocenters. The number of anilines is 1. The molecule has 0 saturated carbocycles. The highest BCUT2D eigenvalue weighted by atomic mass is 35.5. The van der Waals surface area contributed by atoms with E-state index >= 15 is 0 Å². The van der Waals surface area contributed by atoms with Gasteiger partial charge in [0, 0.05) is 0 Å². The topological polar surface area (TPSA) is 49.3 Å². The van der Waals surface area contributed by atoms with Crippen LogP contribution in [0.2, 0.25) is 5.02 Å². The van der Waals surface area contributed by atoms with Crippen LogP contribution in [0.25, 0.3) is 0 Å². The van der Waals surface area contributed by atoms with E-state index in [9.17, 15) is 14.3 Å². The van der Waals surface area contributed by atoms with E-state index in [-0.39, 0.29) is 22.0 Å². The number of hydrogen-bond donors (Lipinski definition) is 2. The number of carbonyl (C=O) groups excluding carboxylic acids is 1. The molecule has 2 N–H and O–H groups in total. The Balaban J connectivity index is 2.30. The van der Waals surface area contributed by atoms with Crippen LogP contribution >= 0.6 is 11.6 Å². The van der Waals surface area contributed by atoms with E-state index in [0.717, 1.165) is 0 Å². The molecule has 0 aliphatic rings. The SMILES string of the molecule is O=C(Nc1c(F)cccc1Cl)c1ccccc1O. The number of phenols is 1. The van der Waals surface area contributed by atoms with Crippen LogP contribution in [0.5, 0.6) is 5.75 Å². The van der Waals surface area contributed by atoms with Gasteiger partial charge in [-0.3, -0.25) is 4.79 Å². The predicted octanol–water partition coefficient (Wildman–Crippen LogP) is 3.44. The molecule has 0 fully saturated rings. The van der Waals surface area contributed by atoms with Gasteiger partial charge in [0.15, 0.2) is 0 Å². The van der Waals surface area contributed by atoms with E-state index in [2.05, 4.69) is 5.32 Å². The average molecular weight is 266 g/mol. The first-order valence-electron chi connectivity index (χ1n) is 5.13. The summed E-state index contributed by atoms with van der Waals surface area (Å²) in [6.07, 6.45) is 0. The van der Waals surface area contributed by atoms with Crippen LogP contribution in [0.4, 0.5) is 10.1 Å². The summed E-state index contributed by atoms with van der Waals surface area (Å²) in [4.78, 5) is 11.8. The lowest BCUT2D eigenvalue weighted by atomic mass is 10.2. The third-order valence-corrected chi connectivity index (χ3v) is 2.66. The zero-order valence-corrected chi connectivity index (χ0v) is 9.91. The van der Waals surface area contributed by atoms with Crippen LogP contribution in [-0.2, 0) is 0 Å². The van der Waals surface area contributed by atoms with Crippen molar-refractivity contribution in [1.29, 1.82) is 0 Å². The van der Waals surface area contributed by atoms with E-state index < -0.39 is 11.7 Å². The zero-order chi connectivity index (χ0) is 13.1. The third-order valence-electron chi connectivity index (χ3n) is 2.35. The molecule has 1 amide bonds. The number of rotatable bonds is 2. The van der Waals surface area contributed by atoms with Gasteiger partial charge in [0.25, 0.3) is 5.91 Å². The lowest BCUT2D eigenvalue weighted by Gasteiger charge is -2.09. The van der Waals surface area contributed by atoms with Gasteiger partial charge < -0.3 is 10.4 Å². The summed E-state index contributed by atoms with van der Waals surface area (Å²) in [5, 5.41) is 11.9. The number of carbonyl (C=O) groups is 1. The number of hydrogen-bond acceptors (Lipinski definition) is 2. The van der Waals surface area contributed by atoms with Gasteiger partial charge >= 0.3 is 0 Å². The summed E-state index contributed by atoms with van der Waals surface area (Å²) in [7, 11) is 0. The lowest BCUT2D eigenvalue weighted by molar-refractivity contribution is 0.102. The third kappa shape index (κ3) is 2.43. The van der Waals surface area contributed by atoms with E-state index in [1.165, 1.54) is 30.3 Å². The molecule has 2 aromatic carbocycles. The summed E-state index contributed by atoms with van der Waals surface area (Å²) in [5.74, 6) is -1.44. The van der Waals surface area contributed by atoms with Crippen molar-refractivity contribution in [3.05, 3.63) is 58.9 Å². The van der Waals surface area contributed by atoms with E-state index in [4.69, 9.17) is 11.6 Å².